The van der Waals surface area contributed by atoms with Gasteiger partial charge in [-0.1, -0.05) is 53.7 Å². The number of hydrogen-bond donors (Lipinski definition) is 2. The highest BCUT2D eigenvalue weighted by Gasteiger charge is 2.28. The standard InChI is InChI=1S/C23H28N2O2/c1-22(2,3)18-11-17(12-19(21(18)27)23(4,5)6)20(25-14-26)16-9-7-15(13-24)8-10-16/h7-12,14,20,27H,1-6H3,(H,25,26). The molecular weight excluding hydrogens is 336 g/mol. The van der Waals surface area contributed by atoms with Crippen molar-refractivity contribution in [2.45, 2.75) is 58.4 Å². The molecule has 0 saturated carbocycles. The lowest BCUT2D eigenvalue weighted by molar-refractivity contribution is -0.110. The van der Waals surface area contributed by atoms with E-state index >= 15 is 0 Å². The summed E-state index contributed by atoms with van der Waals surface area (Å²) in [5.74, 6) is 0.309. The van der Waals surface area contributed by atoms with E-state index in [1.165, 1.54) is 0 Å². The Kier molecular flexibility index (Phi) is 5.65. The molecule has 0 heterocycles. The van der Waals surface area contributed by atoms with Crippen LogP contribution in [-0.2, 0) is 15.6 Å². The summed E-state index contributed by atoms with van der Waals surface area (Å²) in [6, 6.07) is 12.8. The monoisotopic (exact) mass is 364 g/mol. The molecule has 0 bridgehead atoms. The number of carbonyl (C=O) groups excluding carboxylic acids is 1. The van der Waals surface area contributed by atoms with Crippen LogP contribution in [-0.4, -0.2) is 11.5 Å². The molecule has 0 aliphatic heterocycles. The maximum atomic E-state index is 11.3. The Balaban J connectivity index is 2.71. The predicted molar refractivity (Wildman–Crippen MR) is 108 cm³/mol. The van der Waals surface area contributed by atoms with E-state index in [1.54, 1.807) is 12.1 Å². The molecule has 0 spiro atoms. The molecule has 0 saturated heterocycles. The van der Waals surface area contributed by atoms with Gasteiger partial charge in [-0.05, 0) is 57.3 Å². The van der Waals surface area contributed by atoms with E-state index in [1.807, 2.05) is 24.3 Å². The third kappa shape index (κ3) is 4.49. The average Bonchev–Trinajstić information content (AvgIpc) is 2.58. The van der Waals surface area contributed by atoms with Crippen molar-refractivity contribution in [3.8, 4) is 11.8 Å². The van der Waals surface area contributed by atoms with E-state index in [9.17, 15) is 9.90 Å². The zero-order chi connectivity index (χ0) is 20.4. The smallest absolute Gasteiger partial charge is 0.207 e. The van der Waals surface area contributed by atoms with Crippen molar-refractivity contribution >= 4 is 6.41 Å². The second kappa shape index (κ2) is 7.44. The van der Waals surface area contributed by atoms with Crippen LogP contribution in [0.5, 0.6) is 5.75 Å². The van der Waals surface area contributed by atoms with Gasteiger partial charge in [-0.25, -0.2) is 0 Å². The topological polar surface area (TPSA) is 73.1 Å². The summed E-state index contributed by atoms with van der Waals surface area (Å²) in [7, 11) is 0. The van der Waals surface area contributed by atoms with Crippen molar-refractivity contribution in [2.24, 2.45) is 0 Å². The average molecular weight is 364 g/mol. The SMILES string of the molecule is CC(C)(C)c1cc(C(NC=O)c2ccc(C#N)cc2)cc(C(C)(C)C)c1O. The van der Waals surface area contributed by atoms with Gasteiger partial charge in [0.2, 0.25) is 6.41 Å². The molecule has 2 aromatic carbocycles. The molecule has 2 N–H and O–H groups in total. The van der Waals surface area contributed by atoms with Gasteiger partial charge in [0.05, 0.1) is 17.7 Å². The van der Waals surface area contributed by atoms with Gasteiger partial charge in [0.25, 0.3) is 0 Å². The molecule has 0 radical (unpaired) electrons. The molecule has 142 valence electrons. The zero-order valence-electron chi connectivity index (χ0n) is 16.9. The van der Waals surface area contributed by atoms with E-state index < -0.39 is 0 Å². The van der Waals surface area contributed by atoms with E-state index in [2.05, 4.69) is 52.9 Å². The van der Waals surface area contributed by atoms with Crippen LogP contribution < -0.4 is 5.32 Å². The highest BCUT2D eigenvalue weighted by molar-refractivity contribution is 5.55. The first-order valence-corrected chi connectivity index (χ1v) is 9.06. The zero-order valence-corrected chi connectivity index (χ0v) is 16.9. The number of phenols is 1. The number of aromatic hydroxyl groups is 1. The number of hydrogen-bond acceptors (Lipinski definition) is 3. The van der Waals surface area contributed by atoms with Gasteiger partial charge in [0.15, 0.2) is 0 Å². The fourth-order valence-electron chi connectivity index (χ4n) is 3.17. The molecule has 0 aliphatic carbocycles. The summed E-state index contributed by atoms with van der Waals surface area (Å²) in [5.41, 5.74) is 3.53. The number of amides is 1. The lowest BCUT2D eigenvalue weighted by atomic mass is 9.77. The Hall–Kier alpha value is -2.80. The largest absolute Gasteiger partial charge is 0.507 e. The molecule has 1 amide bonds. The summed E-state index contributed by atoms with van der Waals surface area (Å²) in [5, 5.41) is 22.8. The minimum atomic E-state index is -0.363. The summed E-state index contributed by atoms with van der Waals surface area (Å²) in [6.07, 6.45) is 0.684. The van der Waals surface area contributed by atoms with E-state index in [0.717, 1.165) is 22.3 Å². The van der Waals surface area contributed by atoms with Gasteiger partial charge in [0, 0.05) is 0 Å². The number of nitriles is 1. The van der Waals surface area contributed by atoms with Crippen molar-refractivity contribution in [3.05, 3.63) is 64.2 Å². The van der Waals surface area contributed by atoms with Crippen LogP contribution in [0, 0.1) is 11.3 Å². The summed E-state index contributed by atoms with van der Waals surface area (Å²) >= 11 is 0. The van der Waals surface area contributed by atoms with Crippen LogP contribution in [0.15, 0.2) is 36.4 Å². The Morgan fingerprint density at radius 1 is 0.963 bits per heavy atom. The second-order valence-corrected chi connectivity index (χ2v) is 8.92. The maximum absolute atomic E-state index is 11.3. The Labute approximate surface area is 161 Å². The van der Waals surface area contributed by atoms with Crippen molar-refractivity contribution in [1.82, 2.24) is 5.32 Å². The fourth-order valence-corrected chi connectivity index (χ4v) is 3.17. The molecular formula is C23H28N2O2. The molecule has 2 aromatic rings. The minimum Gasteiger partial charge on any atom is -0.507 e. The fraction of sp³-hybridized carbons (Fsp3) is 0.391. The third-order valence-electron chi connectivity index (χ3n) is 4.69. The highest BCUT2D eigenvalue weighted by atomic mass is 16.3. The molecule has 0 fully saturated rings. The van der Waals surface area contributed by atoms with Gasteiger partial charge in [0.1, 0.15) is 5.75 Å². The third-order valence-corrected chi connectivity index (χ3v) is 4.69. The Morgan fingerprint density at radius 2 is 1.44 bits per heavy atom. The maximum Gasteiger partial charge on any atom is 0.207 e. The second-order valence-electron chi connectivity index (χ2n) is 8.92. The van der Waals surface area contributed by atoms with Crippen LogP contribution in [0.25, 0.3) is 0 Å². The van der Waals surface area contributed by atoms with Gasteiger partial charge in [-0.3, -0.25) is 4.79 Å². The van der Waals surface area contributed by atoms with Crippen molar-refractivity contribution in [1.29, 1.82) is 5.26 Å². The number of benzene rings is 2. The lowest BCUT2D eigenvalue weighted by Gasteiger charge is -2.30. The minimum absolute atomic E-state index is 0.253. The summed E-state index contributed by atoms with van der Waals surface area (Å²) < 4.78 is 0. The Bertz CT molecular complexity index is 828. The number of nitrogens with one attached hydrogen (secondary N) is 1. The van der Waals surface area contributed by atoms with Crippen molar-refractivity contribution in [2.75, 3.05) is 0 Å². The number of phenolic OH excluding ortho intramolecular Hbond substituents is 1. The first kappa shape index (κ1) is 20.5. The molecule has 4 nitrogen and oxygen atoms in total. The summed E-state index contributed by atoms with van der Waals surface area (Å²) in [6.45, 7) is 12.3. The van der Waals surface area contributed by atoms with E-state index in [4.69, 9.17) is 5.26 Å². The molecule has 1 atom stereocenters. The van der Waals surface area contributed by atoms with E-state index in [-0.39, 0.29) is 16.9 Å². The van der Waals surface area contributed by atoms with Crippen molar-refractivity contribution < 1.29 is 9.90 Å². The first-order chi connectivity index (χ1) is 12.5. The van der Waals surface area contributed by atoms with Crippen LogP contribution in [0.2, 0.25) is 0 Å². The molecule has 4 heteroatoms. The molecule has 27 heavy (non-hydrogen) atoms. The predicted octanol–water partition coefficient (Wildman–Crippen LogP) is 4.69. The normalized spacial score (nSPS) is 12.9. The van der Waals surface area contributed by atoms with Gasteiger partial charge in [-0.15, -0.1) is 0 Å². The Morgan fingerprint density at radius 3 is 1.81 bits per heavy atom. The van der Waals surface area contributed by atoms with Crippen LogP contribution in [0.1, 0.15) is 75.4 Å². The van der Waals surface area contributed by atoms with E-state index in [0.29, 0.717) is 17.7 Å². The quantitative estimate of drug-likeness (QED) is 0.773. The van der Waals surface area contributed by atoms with Crippen LogP contribution in [0.3, 0.4) is 0 Å². The van der Waals surface area contributed by atoms with Crippen molar-refractivity contribution in [3.63, 3.8) is 0 Å². The lowest BCUT2D eigenvalue weighted by Crippen LogP contribution is -2.24. The first-order valence-electron chi connectivity index (χ1n) is 9.06. The molecule has 2 rings (SSSR count). The van der Waals surface area contributed by atoms with Crippen LogP contribution in [0.4, 0.5) is 0 Å². The molecule has 0 aliphatic rings. The molecule has 0 aromatic heterocycles. The van der Waals surface area contributed by atoms with Gasteiger partial charge >= 0.3 is 0 Å². The van der Waals surface area contributed by atoms with Gasteiger partial charge < -0.3 is 10.4 Å². The van der Waals surface area contributed by atoms with Crippen LogP contribution >= 0.6 is 0 Å². The highest BCUT2D eigenvalue weighted by Crippen LogP contribution is 2.41. The number of rotatable bonds is 4. The number of carbonyl (C=O) groups is 1. The summed E-state index contributed by atoms with van der Waals surface area (Å²) in [4.78, 5) is 11.3. The molecule has 1 unspecified atom stereocenters. The number of nitrogens with zero attached hydrogens (tertiary/aromatic N) is 1. The van der Waals surface area contributed by atoms with Gasteiger partial charge in [-0.2, -0.15) is 5.26 Å².